The number of ether oxygens (including phenoxy) is 1. The van der Waals surface area contributed by atoms with E-state index < -0.39 is 33.7 Å². The fourth-order valence-corrected chi connectivity index (χ4v) is 7.55. The van der Waals surface area contributed by atoms with Crippen molar-refractivity contribution in [3.05, 3.63) is 70.5 Å². The molecule has 5 rings (SSSR count). The van der Waals surface area contributed by atoms with Crippen molar-refractivity contribution in [1.29, 1.82) is 0 Å². The molecule has 2 atom stereocenters. The van der Waals surface area contributed by atoms with E-state index in [4.69, 9.17) is 4.74 Å². The standard InChI is InChI=1S/C34H45F3N6O3S/c1-8-22-18-28(30(46-6)20-29(22)42-13-15-43(16-14-42)33(2,3)4)40-32-38-21-26(34(35,36)37)27(39-32)19-24-17-23-11-9-10-12-25(23)31(24)41(5)47(7,44)45/h9-12,18,20-21,24,31H,8,13-17,19H2,1-7H3,(H,38,39,40)/t24-,31-/m0/s1. The maximum atomic E-state index is 14.3. The number of sulfonamides is 1. The normalized spacial score (nSPS) is 19.3. The Kier molecular flexibility index (Phi) is 9.83. The molecule has 1 aromatic heterocycles. The van der Waals surface area contributed by atoms with Crippen molar-refractivity contribution < 1.29 is 26.3 Å². The van der Waals surface area contributed by atoms with Crippen molar-refractivity contribution in [1.82, 2.24) is 19.2 Å². The number of aromatic nitrogens is 2. The number of methoxy groups -OCH3 is 1. The molecule has 0 saturated carbocycles. The molecule has 0 spiro atoms. The molecule has 47 heavy (non-hydrogen) atoms. The van der Waals surface area contributed by atoms with Gasteiger partial charge < -0.3 is 15.0 Å². The molecule has 1 fully saturated rings. The van der Waals surface area contributed by atoms with Crippen LogP contribution in [0.5, 0.6) is 5.75 Å². The molecular weight excluding hydrogens is 629 g/mol. The lowest BCUT2D eigenvalue weighted by Gasteiger charge is -2.43. The third-order valence-corrected chi connectivity index (χ3v) is 10.7. The van der Waals surface area contributed by atoms with Gasteiger partial charge in [-0.3, -0.25) is 4.90 Å². The van der Waals surface area contributed by atoms with Gasteiger partial charge in [-0.2, -0.15) is 17.5 Å². The van der Waals surface area contributed by atoms with Gasteiger partial charge in [-0.05, 0) is 68.7 Å². The highest BCUT2D eigenvalue weighted by molar-refractivity contribution is 7.88. The lowest BCUT2D eigenvalue weighted by molar-refractivity contribution is -0.138. The predicted octanol–water partition coefficient (Wildman–Crippen LogP) is 6.08. The van der Waals surface area contributed by atoms with Crippen LogP contribution < -0.4 is 15.0 Å². The number of rotatable bonds is 9. The van der Waals surface area contributed by atoms with Gasteiger partial charge in [0.15, 0.2) is 0 Å². The number of fused-ring (bicyclic) bond motifs is 1. The van der Waals surface area contributed by atoms with Gasteiger partial charge in [0.2, 0.25) is 16.0 Å². The summed E-state index contributed by atoms with van der Waals surface area (Å²) in [5.74, 6) is 0.0697. The summed E-state index contributed by atoms with van der Waals surface area (Å²) in [7, 11) is -0.602. The zero-order chi connectivity index (χ0) is 34.3. The average molecular weight is 675 g/mol. The van der Waals surface area contributed by atoms with Crippen LogP contribution >= 0.6 is 0 Å². The Labute approximate surface area is 276 Å². The molecule has 0 radical (unpaired) electrons. The van der Waals surface area contributed by atoms with Crippen LogP contribution in [0.1, 0.15) is 61.7 Å². The van der Waals surface area contributed by atoms with Crippen molar-refractivity contribution in [3.63, 3.8) is 0 Å². The van der Waals surface area contributed by atoms with Crippen LogP contribution in [0.3, 0.4) is 0 Å². The molecule has 13 heteroatoms. The van der Waals surface area contributed by atoms with E-state index in [1.54, 1.807) is 7.11 Å². The van der Waals surface area contributed by atoms with E-state index in [1.165, 1.54) is 11.4 Å². The van der Waals surface area contributed by atoms with Gasteiger partial charge in [-0.15, -0.1) is 0 Å². The number of nitrogens with zero attached hydrogens (tertiary/aromatic N) is 5. The number of aryl methyl sites for hydroxylation is 1. The minimum Gasteiger partial charge on any atom is -0.494 e. The van der Waals surface area contributed by atoms with Crippen LogP contribution in [0.2, 0.25) is 0 Å². The summed E-state index contributed by atoms with van der Waals surface area (Å²) in [6, 6.07) is 10.7. The number of benzene rings is 2. The molecule has 2 aliphatic rings. The molecule has 0 bridgehead atoms. The first kappa shape index (κ1) is 34.9. The fourth-order valence-electron chi connectivity index (χ4n) is 6.85. The molecular formula is C34H45F3N6O3S. The van der Waals surface area contributed by atoms with Crippen LogP contribution in [-0.4, -0.2) is 79.7 Å². The summed E-state index contributed by atoms with van der Waals surface area (Å²) in [6.45, 7) is 12.3. The molecule has 1 saturated heterocycles. The van der Waals surface area contributed by atoms with Crippen LogP contribution in [0.15, 0.2) is 42.6 Å². The highest BCUT2D eigenvalue weighted by Gasteiger charge is 2.41. The number of hydrogen-bond acceptors (Lipinski definition) is 8. The molecule has 1 N–H and O–H groups in total. The molecule has 9 nitrogen and oxygen atoms in total. The third-order valence-electron chi connectivity index (χ3n) is 9.44. The van der Waals surface area contributed by atoms with Gasteiger partial charge in [0.1, 0.15) is 5.75 Å². The van der Waals surface area contributed by atoms with Gasteiger partial charge >= 0.3 is 6.18 Å². The number of nitrogens with one attached hydrogen (secondary N) is 1. The fraction of sp³-hybridized carbons (Fsp3) is 0.529. The molecule has 0 unspecified atom stereocenters. The van der Waals surface area contributed by atoms with Gasteiger partial charge in [0, 0.05) is 56.7 Å². The monoisotopic (exact) mass is 674 g/mol. The van der Waals surface area contributed by atoms with Gasteiger partial charge in [0.25, 0.3) is 0 Å². The van der Waals surface area contributed by atoms with Crippen LogP contribution in [0.4, 0.5) is 30.5 Å². The van der Waals surface area contributed by atoms with Crippen molar-refractivity contribution >= 4 is 27.3 Å². The Morgan fingerprint density at radius 1 is 1.09 bits per heavy atom. The largest absolute Gasteiger partial charge is 0.494 e. The summed E-state index contributed by atoms with van der Waals surface area (Å²) in [4.78, 5) is 13.3. The van der Waals surface area contributed by atoms with Gasteiger partial charge in [-0.1, -0.05) is 31.2 Å². The number of piperazine rings is 1. The zero-order valence-electron chi connectivity index (χ0n) is 28.1. The highest BCUT2D eigenvalue weighted by atomic mass is 32.2. The lowest BCUT2D eigenvalue weighted by Crippen LogP contribution is -2.53. The summed E-state index contributed by atoms with van der Waals surface area (Å²) >= 11 is 0. The first-order valence-corrected chi connectivity index (χ1v) is 17.8. The van der Waals surface area contributed by atoms with Crippen molar-refractivity contribution in [2.45, 2.75) is 64.7 Å². The van der Waals surface area contributed by atoms with Gasteiger partial charge in [0.05, 0.1) is 36.4 Å². The smallest absolute Gasteiger partial charge is 0.419 e. The van der Waals surface area contributed by atoms with E-state index in [1.807, 2.05) is 36.4 Å². The number of halogens is 3. The summed E-state index contributed by atoms with van der Waals surface area (Å²) in [5.41, 5.74) is 3.36. The Hall–Kier alpha value is -3.42. The minimum atomic E-state index is -4.69. The second-order valence-corrected chi connectivity index (χ2v) is 15.5. The molecule has 1 aliphatic heterocycles. The molecule has 2 aromatic carbocycles. The molecule has 3 aromatic rings. The SMILES string of the molecule is CCc1cc(Nc2ncc(C(F)(F)F)c(C[C@@H]3Cc4ccccc4[C@H]3N(C)S(C)(=O)=O)n2)c(OC)cc1N1CCN(C(C)(C)C)CC1. The number of alkyl halides is 3. The quantitative estimate of drug-likeness (QED) is 0.292. The second-order valence-electron chi connectivity index (χ2n) is 13.4. The topological polar surface area (TPSA) is 90.9 Å². The first-order chi connectivity index (χ1) is 22.0. The van der Waals surface area contributed by atoms with Crippen molar-refractivity contribution in [3.8, 4) is 5.75 Å². The highest BCUT2D eigenvalue weighted by Crippen LogP contribution is 2.44. The zero-order valence-corrected chi connectivity index (χ0v) is 29.0. The van der Waals surface area contributed by atoms with E-state index >= 15 is 0 Å². The van der Waals surface area contributed by atoms with Crippen molar-refractivity contribution in [2.75, 3.05) is 56.8 Å². The average Bonchev–Trinajstić information content (AvgIpc) is 3.36. The van der Waals surface area contributed by atoms with E-state index in [0.29, 0.717) is 17.9 Å². The molecule has 0 amide bonds. The molecule has 2 heterocycles. The first-order valence-electron chi connectivity index (χ1n) is 15.9. The second kappa shape index (κ2) is 13.2. The Bertz CT molecular complexity index is 1700. The lowest BCUT2D eigenvalue weighted by atomic mass is 9.93. The minimum absolute atomic E-state index is 0.00317. The van der Waals surface area contributed by atoms with E-state index in [9.17, 15) is 21.6 Å². The van der Waals surface area contributed by atoms with Gasteiger partial charge in [-0.25, -0.2) is 18.4 Å². The van der Waals surface area contributed by atoms with E-state index in [0.717, 1.165) is 67.4 Å². The summed E-state index contributed by atoms with van der Waals surface area (Å²) in [5, 5.41) is 3.13. The Morgan fingerprint density at radius 2 is 1.77 bits per heavy atom. The number of hydrogen-bond donors (Lipinski definition) is 1. The maximum absolute atomic E-state index is 14.3. The molecule has 256 valence electrons. The maximum Gasteiger partial charge on any atom is 0.419 e. The van der Waals surface area contributed by atoms with Crippen LogP contribution in [0, 0.1) is 5.92 Å². The summed E-state index contributed by atoms with van der Waals surface area (Å²) < 4.78 is 75.0. The van der Waals surface area contributed by atoms with E-state index in [2.05, 4.69) is 52.8 Å². The van der Waals surface area contributed by atoms with E-state index in [-0.39, 0.29) is 23.6 Å². The Morgan fingerprint density at radius 3 is 2.36 bits per heavy atom. The van der Waals surface area contributed by atoms with Crippen molar-refractivity contribution in [2.24, 2.45) is 5.92 Å². The summed E-state index contributed by atoms with van der Waals surface area (Å²) in [6.07, 6.45) is -1.72. The number of anilines is 3. The Balaban J connectivity index is 1.46. The third kappa shape index (κ3) is 7.52. The molecule has 1 aliphatic carbocycles. The van der Waals surface area contributed by atoms with Crippen LogP contribution in [0.25, 0.3) is 0 Å². The predicted molar refractivity (Wildman–Crippen MR) is 179 cm³/mol. The van der Waals surface area contributed by atoms with Crippen LogP contribution in [-0.2, 0) is 35.5 Å².